The summed E-state index contributed by atoms with van der Waals surface area (Å²) in [6.45, 7) is 0. The average molecular weight is 630 g/mol. The van der Waals surface area contributed by atoms with Crippen LogP contribution in [0.3, 0.4) is 0 Å². The molecular formula is C46H31NS. The Hall–Kier alpha value is -5.96. The second-order valence-corrected chi connectivity index (χ2v) is 13.3. The maximum Gasteiger partial charge on any atom is 0.0468 e. The van der Waals surface area contributed by atoms with Crippen molar-refractivity contribution in [1.82, 2.24) is 0 Å². The Balaban J connectivity index is 1.13. The van der Waals surface area contributed by atoms with Gasteiger partial charge < -0.3 is 4.90 Å². The quantitative estimate of drug-likeness (QED) is 0.177. The maximum atomic E-state index is 2.38. The molecule has 48 heavy (non-hydrogen) atoms. The topological polar surface area (TPSA) is 3.24 Å². The van der Waals surface area contributed by atoms with Gasteiger partial charge in [0.15, 0.2) is 0 Å². The van der Waals surface area contributed by atoms with Crippen LogP contribution in [0.4, 0.5) is 17.1 Å². The Bertz CT molecular complexity index is 2530. The molecule has 0 fully saturated rings. The lowest BCUT2D eigenvalue weighted by Gasteiger charge is -2.26. The van der Waals surface area contributed by atoms with E-state index in [-0.39, 0.29) is 0 Å². The van der Waals surface area contributed by atoms with Crippen molar-refractivity contribution in [3.63, 3.8) is 0 Å². The molecule has 1 heterocycles. The molecule has 0 aliphatic heterocycles. The highest BCUT2D eigenvalue weighted by molar-refractivity contribution is 7.25. The Kier molecular flexibility index (Phi) is 7.07. The van der Waals surface area contributed by atoms with Gasteiger partial charge in [0, 0.05) is 37.2 Å². The van der Waals surface area contributed by atoms with Gasteiger partial charge in [-0.25, -0.2) is 0 Å². The Labute approximate surface area is 284 Å². The molecule has 226 valence electrons. The van der Waals surface area contributed by atoms with Crippen molar-refractivity contribution in [2.75, 3.05) is 4.90 Å². The van der Waals surface area contributed by atoms with Gasteiger partial charge in [0.2, 0.25) is 0 Å². The summed E-state index contributed by atoms with van der Waals surface area (Å²) in [5.74, 6) is 0. The molecule has 0 saturated carbocycles. The molecule has 0 saturated heterocycles. The number of thiophene rings is 1. The summed E-state index contributed by atoms with van der Waals surface area (Å²) in [5.41, 5.74) is 10.6. The highest BCUT2D eigenvalue weighted by Crippen LogP contribution is 2.41. The number of hydrogen-bond acceptors (Lipinski definition) is 2. The van der Waals surface area contributed by atoms with E-state index < -0.39 is 0 Å². The van der Waals surface area contributed by atoms with Crippen LogP contribution in [0.1, 0.15) is 0 Å². The molecule has 0 amide bonds. The largest absolute Gasteiger partial charge is 0.310 e. The van der Waals surface area contributed by atoms with E-state index in [0.717, 1.165) is 17.1 Å². The number of rotatable bonds is 6. The fraction of sp³-hybridized carbons (Fsp3) is 0. The first-order chi connectivity index (χ1) is 23.8. The Morgan fingerprint density at radius 3 is 1.54 bits per heavy atom. The summed E-state index contributed by atoms with van der Waals surface area (Å²) in [6.07, 6.45) is 0. The number of benzene rings is 8. The average Bonchev–Trinajstić information content (AvgIpc) is 3.52. The zero-order chi connectivity index (χ0) is 31.9. The summed E-state index contributed by atoms with van der Waals surface area (Å²) in [4.78, 5) is 2.38. The minimum absolute atomic E-state index is 1.12. The van der Waals surface area contributed by atoms with Crippen LogP contribution in [0.15, 0.2) is 188 Å². The van der Waals surface area contributed by atoms with Crippen molar-refractivity contribution in [3.8, 4) is 33.4 Å². The van der Waals surface area contributed by atoms with Gasteiger partial charge in [-0.05, 0) is 98.8 Å². The Morgan fingerprint density at radius 1 is 0.292 bits per heavy atom. The number of hydrogen-bond donors (Lipinski definition) is 0. The Morgan fingerprint density at radius 2 is 0.833 bits per heavy atom. The summed E-state index contributed by atoms with van der Waals surface area (Å²) in [5, 5.41) is 5.15. The zero-order valence-electron chi connectivity index (χ0n) is 26.3. The van der Waals surface area contributed by atoms with Gasteiger partial charge in [0.25, 0.3) is 0 Å². The van der Waals surface area contributed by atoms with E-state index in [1.807, 2.05) is 11.3 Å². The smallest absolute Gasteiger partial charge is 0.0468 e. The first-order valence-corrected chi connectivity index (χ1v) is 17.2. The molecule has 0 N–H and O–H groups in total. The summed E-state index contributed by atoms with van der Waals surface area (Å²) >= 11 is 1.87. The zero-order valence-corrected chi connectivity index (χ0v) is 27.1. The van der Waals surface area contributed by atoms with Crippen molar-refractivity contribution >= 4 is 59.3 Å². The second-order valence-electron chi connectivity index (χ2n) is 12.2. The molecule has 0 atom stereocenters. The standard InChI is InChI=1S/C46H31NS/c1-3-10-32(11-4-1)34-18-20-35(21-19-34)36-22-25-40(26-23-36)47(41-15-9-14-37(28-41)33-12-5-2-6-13-33)42-27-24-38-30-44-43-16-7-8-17-45(43)48-46(44)31-39(38)29-42/h1-31H. The fourth-order valence-electron chi connectivity index (χ4n) is 6.79. The van der Waals surface area contributed by atoms with Crippen LogP contribution >= 0.6 is 11.3 Å². The predicted molar refractivity (Wildman–Crippen MR) is 208 cm³/mol. The van der Waals surface area contributed by atoms with Crippen LogP contribution in [-0.4, -0.2) is 0 Å². The van der Waals surface area contributed by atoms with E-state index in [1.165, 1.54) is 64.3 Å². The van der Waals surface area contributed by atoms with Crippen molar-refractivity contribution in [2.24, 2.45) is 0 Å². The van der Waals surface area contributed by atoms with Crippen molar-refractivity contribution in [2.45, 2.75) is 0 Å². The molecule has 0 radical (unpaired) electrons. The molecule has 9 rings (SSSR count). The van der Waals surface area contributed by atoms with E-state index in [0.29, 0.717) is 0 Å². The molecule has 9 aromatic rings. The summed E-state index contributed by atoms with van der Waals surface area (Å²) in [6, 6.07) is 68.1. The lowest BCUT2D eigenvalue weighted by atomic mass is 10.00. The van der Waals surface area contributed by atoms with Crippen LogP contribution < -0.4 is 4.90 Å². The van der Waals surface area contributed by atoms with E-state index in [2.05, 4.69) is 193 Å². The highest BCUT2D eigenvalue weighted by atomic mass is 32.1. The molecule has 8 aromatic carbocycles. The normalized spacial score (nSPS) is 11.3. The molecular weight excluding hydrogens is 599 g/mol. The first kappa shape index (κ1) is 28.3. The van der Waals surface area contributed by atoms with Crippen LogP contribution in [0.5, 0.6) is 0 Å². The fourth-order valence-corrected chi connectivity index (χ4v) is 7.92. The van der Waals surface area contributed by atoms with E-state index in [1.54, 1.807) is 0 Å². The molecule has 0 aliphatic carbocycles. The molecule has 0 aliphatic rings. The number of anilines is 3. The molecule has 0 bridgehead atoms. The van der Waals surface area contributed by atoms with Gasteiger partial charge in [-0.15, -0.1) is 11.3 Å². The third kappa shape index (κ3) is 5.23. The molecule has 1 nitrogen and oxygen atoms in total. The number of nitrogens with zero attached hydrogens (tertiary/aromatic N) is 1. The van der Waals surface area contributed by atoms with Crippen molar-refractivity contribution in [3.05, 3.63) is 188 Å². The second kappa shape index (κ2) is 12.0. The molecule has 0 unspecified atom stereocenters. The van der Waals surface area contributed by atoms with Gasteiger partial charge in [0.1, 0.15) is 0 Å². The van der Waals surface area contributed by atoms with Crippen LogP contribution in [0.25, 0.3) is 64.3 Å². The minimum atomic E-state index is 1.12. The molecule has 2 heteroatoms. The van der Waals surface area contributed by atoms with Crippen LogP contribution in [0, 0.1) is 0 Å². The van der Waals surface area contributed by atoms with Gasteiger partial charge >= 0.3 is 0 Å². The van der Waals surface area contributed by atoms with E-state index in [9.17, 15) is 0 Å². The van der Waals surface area contributed by atoms with Crippen LogP contribution in [-0.2, 0) is 0 Å². The van der Waals surface area contributed by atoms with Crippen LogP contribution in [0.2, 0.25) is 0 Å². The summed E-state index contributed by atoms with van der Waals surface area (Å²) < 4.78 is 2.65. The van der Waals surface area contributed by atoms with E-state index in [4.69, 9.17) is 0 Å². The lowest BCUT2D eigenvalue weighted by molar-refractivity contribution is 1.29. The van der Waals surface area contributed by atoms with E-state index >= 15 is 0 Å². The molecule has 1 aromatic heterocycles. The van der Waals surface area contributed by atoms with Gasteiger partial charge in [0.05, 0.1) is 0 Å². The summed E-state index contributed by atoms with van der Waals surface area (Å²) in [7, 11) is 0. The lowest BCUT2D eigenvalue weighted by Crippen LogP contribution is -2.10. The van der Waals surface area contributed by atoms with Crippen molar-refractivity contribution in [1.29, 1.82) is 0 Å². The van der Waals surface area contributed by atoms with Gasteiger partial charge in [-0.2, -0.15) is 0 Å². The highest BCUT2D eigenvalue weighted by Gasteiger charge is 2.16. The third-order valence-electron chi connectivity index (χ3n) is 9.24. The molecule has 0 spiro atoms. The maximum absolute atomic E-state index is 2.38. The van der Waals surface area contributed by atoms with Gasteiger partial charge in [-0.3, -0.25) is 0 Å². The SMILES string of the molecule is c1ccc(-c2ccc(-c3ccc(N(c4cccc(-c5ccccc5)c4)c4ccc5cc6c(cc5c4)sc4ccccc46)cc3)cc2)cc1. The van der Waals surface area contributed by atoms with Gasteiger partial charge in [-0.1, -0.05) is 133 Å². The minimum Gasteiger partial charge on any atom is -0.310 e. The number of fused-ring (bicyclic) bond motifs is 4. The van der Waals surface area contributed by atoms with Crippen molar-refractivity contribution < 1.29 is 0 Å². The first-order valence-electron chi connectivity index (χ1n) is 16.3. The third-order valence-corrected chi connectivity index (χ3v) is 10.4. The monoisotopic (exact) mass is 629 g/mol. The predicted octanol–water partition coefficient (Wildman–Crippen LogP) is 13.7.